The molecule has 0 fully saturated rings. The molecule has 0 unspecified atom stereocenters. The molecule has 0 aliphatic heterocycles. The third kappa shape index (κ3) is 3.20. The Bertz CT molecular complexity index is 609. The van der Waals surface area contributed by atoms with E-state index in [0.29, 0.717) is 12.1 Å². The molecule has 1 N–H and O–H groups in total. The van der Waals surface area contributed by atoms with Crippen molar-refractivity contribution in [3.63, 3.8) is 0 Å². The van der Waals surface area contributed by atoms with Crippen molar-refractivity contribution in [2.24, 2.45) is 4.99 Å². The van der Waals surface area contributed by atoms with E-state index in [2.05, 4.69) is 25.9 Å². The van der Waals surface area contributed by atoms with Gasteiger partial charge in [0.25, 0.3) is 0 Å². The van der Waals surface area contributed by atoms with Gasteiger partial charge in [-0.05, 0) is 59.1 Å². The minimum atomic E-state index is 0.230. The van der Waals surface area contributed by atoms with Crippen LogP contribution < -0.4 is 0 Å². The van der Waals surface area contributed by atoms with Crippen molar-refractivity contribution in [2.75, 3.05) is 0 Å². The number of phenols is 1. The quantitative estimate of drug-likeness (QED) is 0.875. The van der Waals surface area contributed by atoms with Crippen LogP contribution in [0.3, 0.4) is 0 Å². The van der Waals surface area contributed by atoms with Gasteiger partial charge in [0.2, 0.25) is 0 Å². The van der Waals surface area contributed by atoms with Gasteiger partial charge >= 0.3 is 0 Å². The van der Waals surface area contributed by atoms with E-state index in [9.17, 15) is 5.11 Å². The van der Waals surface area contributed by atoms with Crippen molar-refractivity contribution in [1.82, 2.24) is 4.98 Å². The van der Waals surface area contributed by atoms with Crippen LogP contribution in [0.25, 0.3) is 0 Å². The molecule has 0 aliphatic rings. The number of hydrogen-bond acceptors (Lipinski definition) is 3. The highest BCUT2D eigenvalue weighted by Crippen LogP contribution is 2.32. The second-order valence-electron chi connectivity index (χ2n) is 4.36. The van der Waals surface area contributed by atoms with E-state index in [-0.39, 0.29) is 5.75 Å². The predicted molar refractivity (Wildman–Crippen MR) is 80.8 cm³/mol. The Morgan fingerprint density at radius 1 is 1.37 bits per heavy atom. The summed E-state index contributed by atoms with van der Waals surface area (Å²) >= 11 is 3.39. The van der Waals surface area contributed by atoms with E-state index < -0.39 is 0 Å². The van der Waals surface area contributed by atoms with Crippen LogP contribution in [0.5, 0.6) is 5.75 Å². The Morgan fingerprint density at radius 2 is 2.16 bits per heavy atom. The topological polar surface area (TPSA) is 45.5 Å². The lowest BCUT2D eigenvalue weighted by atomic mass is 10.1. The van der Waals surface area contributed by atoms with Gasteiger partial charge in [-0.25, -0.2) is 0 Å². The molecule has 0 saturated heterocycles. The molecule has 1 heterocycles. The highest BCUT2D eigenvalue weighted by Gasteiger charge is 2.09. The number of nitrogens with zero attached hydrogens (tertiary/aromatic N) is 2. The maximum atomic E-state index is 10.0. The summed E-state index contributed by atoms with van der Waals surface area (Å²) in [6.45, 7) is 4.48. The first kappa shape index (κ1) is 13.7. The zero-order valence-corrected chi connectivity index (χ0v) is 12.5. The van der Waals surface area contributed by atoms with Gasteiger partial charge in [-0.15, -0.1) is 0 Å². The van der Waals surface area contributed by atoms with Gasteiger partial charge in [-0.2, -0.15) is 0 Å². The SMILES string of the molecule is Cc1cc(C=NCc2ccccn2)c(O)c(Br)c1C. The second-order valence-corrected chi connectivity index (χ2v) is 5.15. The molecular weight excluding hydrogens is 304 g/mol. The van der Waals surface area contributed by atoms with E-state index in [4.69, 9.17) is 0 Å². The number of aryl methyl sites for hydroxylation is 1. The minimum absolute atomic E-state index is 0.230. The van der Waals surface area contributed by atoms with E-state index in [0.717, 1.165) is 21.3 Å². The van der Waals surface area contributed by atoms with E-state index >= 15 is 0 Å². The Kier molecular flexibility index (Phi) is 4.32. The average molecular weight is 319 g/mol. The highest BCUT2D eigenvalue weighted by atomic mass is 79.9. The van der Waals surface area contributed by atoms with Crippen LogP contribution in [0.15, 0.2) is 39.9 Å². The van der Waals surface area contributed by atoms with Gasteiger partial charge in [0.15, 0.2) is 0 Å². The van der Waals surface area contributed by atoms with Crippen LogP contribution in [0.1, 0.15) is 22.4 Å². The van der Waals surface area contributed by atoms with Gasteiger partial charge in [0.05, 0.1) is 16.7 Å². The maximum absolute atomic E-state index is 10.0. The summed E-state index contributed by atoms with van der Waals surface area (Å²) in [6.07, 6.45) is 3.43. The largest absolute Gasteiger partial charge is 0.506 e. The Balaban J connectivity index is 2.20. The average Bonchev–Trinajstić information content (AvgIpc) is 2.43. The fraction of sp³-hybridized carbons (Fsp3) is 0.200. The van der Waals surface area contributed by atoms with E-state index in [1.54, 1.807) is 12.4 Å². The molecule has 19 heavy (non-hydrogen) atoms. The summed E-state index contributed by atoms with van der Waals surface area (Å²) in [5.41, 5.74) is 3.77. The van der Waals surface area contributed by atoms with Crippen molar-refractivity contribution in [3.05, 3.63) is 57.3 Å². The molecule has 4 heteroatoms. The lowest BCUT2D eigenvalue weighted by Crippen LogP contribution is -1.92. The molecule has 1 aromatic carbocycles. The van der Waals surface area contributed by atoms with Gasteiger partial charge in [-0.1, -0.05) is 6.07 Å². The number of hydrogen-bond donors (Lipinski definition) is 1. The first-order chi connectivity index (χ1) is 9.09. The number of aromatic nitrogens is 1. The van der Waals surface area contributed by atoms with Crippen molar-refractivity contribution in [1.29, 1.82) is 0 Å². The van der Waals surface area contributed by atoms with Crippen molar-refractivity contribution < 1.29 is 5.11 Å². The summed E-state index contributed by atoms with van der Waals surface area (Å²) in [6, 6.07) is 7.66. The molecular formula is C15H15BrN2O. The van der Waals surface area contributed by atoms with Crippen LogP contribution >= 0.6 is 15.9 Å². The molecule has 0 bridgehead atoms. The summed E-state index contributed by atoms with van der Waals surface area (Å²) in [7, 11) is 0. The van der Waals surface area contributed by atoms with Crippen LogP contribution in [-0.4, -0.2) is 16.3 Å². The fourth-order valence-corrected chi connectivity index (χ4v) is 2.26. The number of pyridine rings is 1. The number of rotatable bonds is 3. The molecule has 0 aliphatic carbocycles. The summed E-state index contributed by atoms with van der Waals surface area (Å²) in [5, 5.41) is 10.0. The fourth-order valence-electron chi connectivity index (χ4n) is 1.71. The Labute approximate surface area is 121 Å². The van der Waals surface area contributed by atoms with Crippen molar-refractivity contribution in [3.8, 4) is 5.75 Å². The second kappa shape index (κ2) is 5.97. The predicted octanol–water partition coefficient (Wildman–Crippen LogP) is 3.79. The molecule has 0 atom stereocenters. The lowest BCUT2D eigenvalue weighted by Gasteiger charge is -2.08. The molecule has 2 rings (SSSR count). The molecule has 1 aromatic heterocycles. The minimum Gasteiger partial charge on any atom is -0.506 e. The van der Waals surface area contributed by atoms with Gasteiger partial charge in [0, 0.05) is 18.0 Å². The number of aromatic hydroxyl groups is 1. The Morgan fingerprint density at radius 3 is 2.84 bits per heavy atom. The number of phenolic OH excluding ortho intramolecular Hbond substituents is 1. The third-order valence-corrected chi connectivity index (χ3v) is 3.95. The number of benzene rings is 1. The normalized spacial score (nSPS) is 11.1. The third-order valence-electron chi connectivity index (χ3n) is 2.98. The molecule has 0 amide bonds. The zero-order valence-electron chi connectivity index (χ0n) is 10.9. The van der Waals surface area contributed by atoms with Gasteiger partial charge in [0.1, 0.15) is 5.75 Å². The lowest BCUT2D eigenvalue weighted by molar-refractivity contribution is 0.470. The summed E-state index contributed by atoms with van der Waals surface area (Å²) in [5.74, 6) is 0.230. The molecule has 0 saturated carbocycles. The summed E-state index contributed by atoms with van der Waals surface area (Å²) < 4.78 is 0.729. The van der Waals surface area contributed by atoms with E-state index in [1.165, 1.54) is 0 Å². The maximum Gasteiger partial charge on any atom is 0.138 e. The highest BCUT2D eigenvalue weighted by molar-refractivity contribution is 9.10. The molecule has 98 valence electrons. The Hall–Kier alpha value is -1.68. The zero-order chi connectivity index (χ0) is 13.8. The van der Waals surface area contributed by atoms with Crippen LogP contribution in [-0.2, 0) is 6.54 Å². The number of aliphatic imine (C=N–C) groups is 1. The molecule has 0 spiro atoms. The molecule has 3 nitrogen and oxygen atoms in total. The monoisotopic (exact) mass is 318 g/mol. The van der Waals surface area contributed by atoms with Crippen molar-refractivity contribution in [2.45, 2.75) is 20.4 Å². The van der Waals surface area contributed by atoms with Crippen molar-refractivity contribution >= 4 is 22.1 Å². The van der Waals surface area contributed by atoms with Crippen LogP contribution in [0, 0.1) is 13.8 Å². The molecule has 0 radical (unpaired) electrons. The summed E-state index contributed by atoms with van der Waals surface area (Å²) in [4.78, 5) is 8.51. The standard InChI is InChI=1S/C15H15BrN2O/c1-10-7-12(15(19)14(16)11(10)2)8-17-9-13-5-3-4-6-18-13/h3-8,19H,9H2,1-2H3. The van der Waals surface area contributed by atoms with E-state index in [1.807, 2.05) is 38.1 Å². The smallest absolute Gasteiger partial charge is 0.138 e. The molecule has 2 aromatic rings. The van der Waals surface area contributed by atoms with Gasteiger partial charge in [-0.3, -0.25) is 9.98 Å². The first-order valence-corrected chi connectivity index (χ1v) is 6.77. The van der Waals surface area contributed by atoms with Crippen LogP contribution in [0.2, 0.25) is 0 Å². The van der Waals surface area contributed by atoms with Crippen LogP contribution in [0.4, 0.5) is 0 Å². The first-order valence-electron chi connectivity index (χ1n) is 5.98. The van der Waals surface area contributed by atoms with Gasteiger partial charge < -0.3 is 5.11 Å². The number of halogens is 1.